The number of nitrogens with one attached hydrogen (secondary N) is 1. The Kier molecular flexibility index (Phi) is 5.63. The van der Waals surface area contributed by atoms with Gasteiger partial charge in [-0.1, -0.05) is 6.07 Å². The summed E-state index contributed by atoms with van der Waals surface area (Å²) in [5.41, 5.74) is 0. The minimum atomic E-state index is 0.427. The van der Waals surface area contributed by atoms with Crippen molar-refractivity contribution >= 4 is 0 Å². The summed E-state index contributed by atoms with van der Waals surface area (Å²) in [6.45, 7) is 2.74. The Morgan fingerprint density at radius 3 is 2.24 bits per heavy atom. The second kappa shape index (κ2) is 7.01. The van der Waals surface area contributed by atoms with E-state index >= 15 is 0 Å². The molecule has 0 spiro atoms. The number of para-hydroxylation sites is 1. The number of methoxy groups -OCH3 is 2. The summed E-state index contributed by atoms with van der Waals surface area (Å²) >= 11 is 0. The predicted molar refractivity (Wildman–Crippen MR) is 68.2 cm³/mol. The second-order valence-electron chi connectivity index (χ2n) is 3.82. The summed E-state index contributed by atoms with van der Waals surface area (Å²) in [4.78, 5) is 0. The molecule has 1 unspecified atom stereocenters. The van der Waals surface area contributed by atoms with Gasteiger partial charge in [-0.3, -0.25) is 0 Å². The molecule has 0 bridgehead atoms. The maximum atomic E-state index is 5.73. The summed E-state index contributed by atoms with van der Waals surface area (Å²) in [5, 5.41) is 3.17. The van der Waals surface area contributed by atoms with Crippen LogP contribution >= 0.6 is 0 Å². The summed E-state index contributed by atoms with van der Waals surface area (Å²) < 4.78 is 16.2. The molecule has 0 aliphatic carbocycles. The van der Waals surface area contributed by atoms with Crippen molar-refractivity contribution in [2.24, 2.45) is 0 Å². The average molecular weight is 239 g/mol. The Labute approximate surface area is 103 Å². The molecule has 0 aliphatic rings. The molecule has 0 saturated carbocycles. The van der Waals surface area contributed by atoms with E-state index in [4.69, 9.17) is 14.2 Å². The largest absolute Gasteiger partial charge is 0.493 e. The van der Waals surface area contributed by atoms with Gasteiger partial charge in [-0.05, 0) is 32.5 Å². The van der Waals surface area contributed by atoms with Crippen LogP contribution in [0.1, 0.15) is 13.3 Å². The van der Waals surface area contributed by atoms with Crippen LogP contribution in [0.2, 0.25) is 0 Å². The SMILES string of the molecule is CNC(C)CCOc1c(OC)cccc1OC. The van der Waals surface area contributed by atoms with Gasteiger partial charge in [0.05, 0.1) is 20.8 Å². The van der Waals surface area contributed by atoms with Crippen LogP contribution in [-0.2, 0) is 0 Å². The van der Waals surface area contributed by atoms with Gasteiger partial charge in [0.1, 0.15) is 0 Å². The lowest BCUT2D eigenvalue weighted by molar-refractivity contribution is 0.260. The maximum Gasteiger partial charge on any atom is 0.203 e. The topological polar surface area (TPSA) is 39.7 Å². The summed E-state index contributed by atoms with van der Waals surface area (Å²) in [7, 11) is 5.18. The predicted octanol–water partition coefficient (Wildman–Crippen LogP) is 2.08. The number of rotatable bonds is 7. The van der Waals surface area contributed by atoms with E-state index in [-0.39, 0.29) is 0 Å². The van der Waals surface area contributed by atoms with Crippen LogP contribution in [0.25, 0.3) is 0 Å². The molecular formula is C13H21NO3. The molecule has 1 rings (SSSR count). The first-order valence-corrected chi connectivity index (χ1v) is 5.74. The highest BCUT2D eigenvalue weighted by atomic mass is 16.5. The fourth-order valence-electron chi connectivity index (χ4n) is 1.44. The zero-order valence-electron chi connectivity index (χ0n) is 10.9. The van der Waals surface area contributed by atoms with Crippen LogP contribution in [0, 0.1) is 0 Å². The van der Waals surface area contributed by atoms with E-state index in [9.17, 15) is 0 Å². The van der Waals surface area contributed by atoms with Crippen molar-refractivity contribution in [2.75, 3.05) is 27.9 Å². The standard InChI is InChI=1S/C13H21NO3/c1-10(14-2)8-9-17-13-11(15-3)6-5-7-12(13)16-4/h5-7,10,14H,8-9H2,1-4H3. The van der Waals surface area contributed by atoms with Crippen LogP contribution in [-0.4, -0.2) is 33.9 Å². The van der Waals surface area contributed by atoms with Crippen molar-refractivity contribution in [1.29, 1.82) is 0 Å². The zero-order chi connectivity index (χ0) is 12.7. The number of ether oxygens (including phenoxy) is 3. The molecule has 0 radical (unpaired) electrons. The highest BCUT2D eigenvalue weighted by Gasteiger charge is 2.11. The lowest BCUT2D eigenvalue weighted by Gasteiger charge is -2.15. The molecule has 4 heteroatoms. The van der Waals surface area contributed by atoms with Gasteiger partial charge >= 0.3 is 0 Å². The van der Waals surface area contributed by atoms with Gasteiger partial charge in [-0.25, -0.2) is 0 Å². The van der Waals surface area contributed by atoms with E-state index in [1.54, 1.807) is 14.2 Å². The molecule has 0 saturated heterocycles. The Morgan fingerprint density at radius 2 is 1.76 bits per heavy atom. The molecule has 96 valence electrons. The van der Waals surface area contributed by atoms with E-state index in [1.165, 1.54) is 0 Å². The fourth-order valence-corrected chi connectivity index (χ4v) is 1.44. The smallest absolute Gasteiger partial charge is 0.203 e. The van der Waals surface area contributed by atoms with Crippen molar-refractivity contribution in [3.63, 3.8) is 0 Å². The van der Waals surface area contributed by atoms with Crippen LogP contribution < -0.4 is 19.5 Å². The van der Waals surface area contributed by atoms with Crippen LogP contribution in [0.15, 0.2) is 18.2 Å². The van der Waals surface area contributed by atoms with Crippen molar-refractivity contribution in [3.05, 3.63) is 18.2 Å². The van der Waals surface area contributed by atoms with Crippen LogP contribution in [0.5, 0.6) is 17.2 Å². The molecule has 0 fully saturated rings. The summed E-state index contributed by atoms with van der Waals surface area (Å²) in [6, 6.07) is 6.02. The molecule has 4 nitrogen and oxygen atoms in total. The fraction of sp³-hybridized carbons (Fsp3) is 0.538. The van der Waals surface area contributed by atoms with E-state index in [0.29, 0.717) is 29.9 Å². The number of hydrogen-bond donors (Lipinski definition) is 1. The van der Waals surface area contributed by atoms with E-state index < -0.39 is 0 Å². The van der Waals surface area contributed by atoms with Gasteiger partial charge in [-0.2, -0.15) is 0 Å². The maximum absolute atomic E-state index is 5.73. The first-order valence-electron chi connectivity index (χ1n) is 5.74. The van der Waals surface area contributed by atoms with Crippen molar-refractivity contribution in [3.8, 4) is 17.2 Å². The second-order valence-corrected chi connectivity index (χ2v) is 3.82. The Hall–Kier alpha value is -1.42. The van der Waals surface area contributed by atoms with E-state index in [1.807, 2.05) is 25.2 Å². The molecule has 1 N–H and O–H groups in total. The van der Waals surface area contributed by atoms with Crippen LogP contribution in [0.4, 0.5) is 0 Å². The van der Waals surface area contributed by atoms with E-state index in [0.717, 1.165) is 6.42 Å². The van der Waals surface area contributed by atoms with E-state index in [2.05, 4.69) is 12.2 Å². The highest BCUT2D eigenvalue weighted by molar-refractivity contribution is 5.51. The van der Waals surface area contributed by atoms with Crippen molar-refractivity contribution < 1.29 is 14.2 Å². The number of hydrogen-bond acceptors (Lipinski definition) is 4. The Bertz CT molecular complexity index is 319. The quantitative estimate of drug-likeness (QED) is 0.791. The third kappa shape index (κ3) is 3.82. The molecular weight excluding hydrogens is 218 g/mol. The molecule has 17 heavy (non-hydrogen) atoms. The van der Waals surface area contributed by atoms with Gasteiger partial charge in [0.2, 0.25) is 5.75 Å². The molecule has 0 aliphatic heterocycles. The van der Waals surface area contributed by atoms with Crippen LogP contribution in [0.3, 0.4) is 0 Å². The third-order valence-corrected chi connectivity index (χ3v) is 2.67. The minimum Gasteiger partial charge on any atom is -0.493 e. The Balaban J connectivity index is 2.67. The first-order chi connectivity index (χ1) is 8.22. The molecule has 1 aromatic rings. The lowest BCUT2D eigenvalue weighted by Crippen LogP contribution is -2.23. The molecule has 0 aromatic heterocycles. The Morgan fingerprint density at radius 1 is 1.18 bits per heavy atom. The summed E-state index contributed by atoms with van der Waals surface area (Å²) in [6.07, 6.45) is 0.928. The molecule has 1 atom stereocenters. The molecule has 0 heterocycles. The first kappa shape index (κ1) is 13.6. The van der Waals surface area contributed by atoms with Gasteiger partial charge in [-0.15, -0.1) is 0 Å². The van der Waals surface area contributed by atoms with Gasteiger partial charge in [0, 0.05) is 6.04 Å². The van der Waals surface area contributed by atoms with Gasteiger partial charge in [0.25, 0.3) is 0 Å². The van der Waals surface area contributed by atoms with Crippen molar-refractivity contribution in [1.82, 2.24) is 5.32 Å². The average Bonchev–Trinajstić information content (AvgIpc) is 2.38. The molecule has 1 aromatic carbocycles. The summed E-state index contributed by atoms with van der Waals surface area (Å²) in [5.74, 6) is 2.06. The third-order valence-electron chi connectivity index (χ3n) is 2.67. The highest BCUT2D eigenvalue weighted by Crippen LogP contribution is 2.36. The normalized spacial score (nSPS) is 12.0. The number of benzene rings is 1. The minimum absolute atomic E-state index is 0.427. The van der Waals surface area contributed by atoms with Gasteiger partial charge < -0.3 is 19.5 Å². The van der Waals surface area contributed by atoms with Gasteiger partial charge in [0.15, 0.2) is 11.5 Å². The lowest BCUT2D eigenvalue weighted by atomic mass is 10.2. The molecule has 0 amide bonds. The van der Waals surface area contributed by atoms with Crippen molar-refractivity contribution in [2.45, 2.75) is 19.4 Å². The zero-order valence-corrected chi connectivity index (χ0v) is 10.9. The monoisotopic (exact) mass is 239 g/mol.